The second-order valence-corrected chi connectivity index (χ2v) is 7.06. The van der Waals surface area contributed by atoms with Gasteiger partial charge in [0.25, 0.3) is 10.0 Å². The van der Waals surface area contributed by atoms with Gasteiger partial charge < -0.3 is 4.74 Å². The molecule has 0 unspecified atom stereocenters. The highest BCUT2D eigenvalue weighted by Gasteiger charge is 2.25. The fourth-order valence-electron chi connectivity index (χ4n) is 2.25. The molecular formula is C14H18ClN3O3S. The summed E-state index contributed by atoms with van der Waals surface area (Å²) in [5.74, 6) is 0.360. The molecule has 8 heteroatoms. The van der Waals surface area contributed by atoms with Crippen LogP contribution in [0.25, 0.3) is 0 Å². The van der Waals surface area contributed by atoms with Gasteiger partial charge in [-0.25, -0.2) is 8.42 Å². The Morgan fingerprint density at radius 2 is 1.91 bits per heavy atom. The fourth-order valence-corrected chi connectivity index (χ4v) is 3.91. The normalized spacial score (nSPS) is 11.5. The number of benzene rings is 1. The number of rotatable bonds is 4. The predicted molar refractivity (Wildman–Crippen MR) is 86.2 cm³/mol. The number of anilines is 1. The smallest absolute Gasteiger partial charge is 0.265 e. The molecule has 0 saturated carbocycles. The van der Waals surface area contributed by atoms with Gasteiger partial charge in [-0.15, -0.1) is 0 Å². The lowest BCUT2D eigenvalue weighted by Crippen LogP contribution is -2.15. The number of nitrogens with one attached hydrogen (secondary N) is 1. The molecule has 1 heterocycles. The first-order chi connectivity index (χ1) is 10.2. The van der Waals surface area contributed by atoms with Crippen molar-refractivity contribution in [2.75, 3.05) is 11.8 Å². The first-order valence-electron chi connectivity index (χ1n) is 6.54. The summed E-state index contributed by atoms with van der Waals surface area (Å²) in [6.07, 6.45) is 0. The maximum atomic E-state index is 12.7. The van der Waals surface area contributed by atoms with E-state index in [1.165, 1.54) is 11.8 Å². The van der Waals surface area contributed by atoms with Crippen LogP contribution >= 0.6 is 11.6 Å². The molecule has 2 rings (SSSR count). The van der Waals surface area contributed by atoms with E-state index in [1.807, 2.05) is 0 Å². The molecule has 2 aromatic rings. The molecule has 6 nitrogen and oxygen atoms in total. The van der Waals surface area contributed by atoms with Crippen LogP contribution in [0.2, 0.25) is 5.02 Å². The van der Waals surface area contributed by atoms with Crippen LogP contribution in [0.1, 0.15) is 17.0 Å². The van der Waals surface area contributed by atoms with Gasteiger partial charge in [0, 0.05) is 18.1 Å². The Kier molecular flexibility index (Phi) is 4.39. The molecule has 1 aromatic carbocycles. The third kappa shape index (κ3) is 2.91. The van der Waals surface area contributed by atoms with E-state index in [-0.39, 0.29) is 4.90 Å². The van der Waals surface area contributed by atoms with Crippen molar-refractivity contribution in [2.45, 2.75) is 25.7 Å². The number of hydrogen-bond donors (Lipinski definition) is 1. The van der Waals surface area contributed by atoms with Crippen LogP contribution < -0.4 is 9.46 Å². The number of ether oxygens (including phenoxy) is 1. The number of nitrogens with zero attached hydrogens (tertiary/aromatic N) is 2. The molecule has 0 aliphatic rings. The molecule has 1 aromatic heterocycles. The summed E-state index contributed by atoms with van der Waals surface area (Å²) < 4.78 is 34.6. The highest BCUT2D eigenvalue weighted by molar-refractivity contribution is 7.92. The lowest BCUT2D eigenvalue weighted by atomic mass is 10.2. The quantitative estimate of drug-likeness (QED) is 0.926. The summed E-state index contributed by atoms with van der Waals surface area (Å²) in [5, 5.41) is 4.65. The van der Waals surface area contributed by atoms with E-state index in [4.69, 9.17) is 16.3 Å². The lowest BCUT2D eigenvalue weighted by molar-refractivity contribution is 0.417. The van der Waals surface area contributed by atoms with Crippen molar-refractivity contribution >= 4 is 27.3 Å². The highest BCUT2D eigenvalue weighted by Crippen LogP contribution is 2.33. The summed E-state index contributed by atoms with van der Waals surface area (Å²) in [7, 11) is -0.612. The lowest BCUT2D eigenvalue weighted by Gasteiger charge is -2.13. The van der Waals surface area contributed by atoms with E-state index in [0.717, 1.165) is 5.56 Å². The molecule has 0 spiro atoms. The van der Waals surface area contributed by atoms with Gasteiger partial charge in [0.1, 0.15) is 10.6 Å². The van der Waals surface area contributed by atoms with E-state index in [9.17, 15) is 8.42 Å². The topological polar surface area (TPSA) is 73.2 Å². The van der Waals surface area contributed by atoms with Crippen molar-refractivity contribution in [3.63, 3.8) is 0 Å². The van der Waals surface area contributed by atoms with Crippen molar-refractivity contribution in [3.05, 3.63) is 34.1 Å². The van der Waals surface area contributed by atoms with Gasteiger partial charge in [0.05, 0.1) is 24.2 Å². The van der Waals surface area contributed by atoms with Crippen molar-refractivity contribution < 1.29 is 13.2 Å². The third-order valence-electron chi connectivity index (χ3n) is 3.44. The molecule has 0 amide bonds. The number of methoxy groups -OCH3 is 1. The molecule has 0 aliphatic carbocycles. The zero-order valence-electron chi connectivity index (χ0n) is 13.1. The molecule has 0 atom stereocenters. The maximum absolute atomic E-state index is 12.7. The van der Waals surface area contributed by atoms with E-state index in [2.05, 4.69) is 9.82 Å². The predicted octanol–water partition coefficient (Wildman–Crippen LogP) is 2.81. The molecule has 0 radical (unpaired) electrons. The molecule has 22 heavy (non-hydrogen) atoms. The van der Waals surface area contributed by atoms with Crippen molar-refractivity contribution in [1.82, 2.24) is 9.78 Å². The van der Waals surface area contributed by atoms with Crippen molar-refractivity contribution in [1.29, 1.82) is 0 Å². The molecule has 1 N–H and O–H groups in total. The highest BCUT2D eigenvalue weighted by atomic mass is 35.5. The number of halogens is 1. The minimum atomic E-state index is -3.77. The van der Waals surface area contributed by atoms with Crippen molar-refractivity contribution in [3.8, 4) is 5.75 Å². The van der Waals surface area contributed by atoms with E-state index >= 15 is 0 Å². The Hall–Kier alpha value is -1.73. The SMILES string of the molecule is COc1cc(Cl)c(C)cc1NS(=O)(=O)c1c(C)nn(C)c1C. The second-order valence-electron chi connectivity index (χ2n) is 5.03. The van der Waals surface area contributed by atoms with Gasteiger partial charge in [-0.05, 0) is 32.4 Å². The zero-order chi connectivity index (χ0) is 16.7. The maximum Gasteiger partial charge on any atom is 0.265 e. The monoisotopic (exact) mass is 343 g/mol. The van der Waals surface area contributed by atoms with Crippen LogP contribution in [0.3, 0.4) is 0 Å². The third-order valence-corrected chi connectivity index (χ3v) is 5.46. The van der Waals surface area contributed by atoms with E-state index < -0.39 is 10.0 Å². The fraction of sp³-hybridized carbons (Fsp3) is 0.357. The van der Waals surface area contributed by atoms with Gasteiger partial charge in [0.15, 0.2) is 0 Å². The molecule has 0 fully saturated rings. The Bertz CT molecular complexity index is 828. The first-order valence-corrected chi connectivity index (χ1v) is 8.40. The second kappa shape index (κ2) is 5.81. The first kappa shape index (κ1) is 16.6. The Labute approximate surface area is 135 Å². The Balaban J connectivity index is 2.52. The van der Waals surface area contributed by atoms with Crippen LogP contribution in [-0.4, -0.2) is 25.3 Å². The standard InChI is InChI=1S/C14H18ClN3O3S/c1-8-6-12(13(21-5)7-11(8)15)17-22(19,20)14-9(2)16-18(4)10(14)3/h6-7,17H,1-5H3. The van der Waals surface area contributed by atoms with Crippen LogP contribution in [0.4, 0.5) is 5.69 Å². The minimum absolute atomic E-state index is 0.171. The summed E-state index contributed by atoms with van der Waals surface area (Å²) in [6, 6.07) is 3.22. The van der Waals surface area contributed by atoms with Crippen LogP contribution in [0.5, 0.6) is 5.75 Å². The number of sulfonamides is 1. The summed E-state index contributed by atoms with van der Waals surface area (Å²) in [5.41, 5.74) is 2.10. The van der Waals surface area contributed by atoms with Gasteiger partial charge in [-0.1, -0.05) is 11.6 Å². The zero-order valence-corrected chi connectivity index (χ0v) is 14.6. The molecule has 0 bridgehead atoms. The molecule has 0 aliphatic heterocycles. The number of aromatic nitrogens is 2. The minimum Gasteiger partial charge on any atom is -0.495 e. The molecular weight excluding hydrogens is 326 g/mol. The Morgan fingerprint density at radius 3 is 2.41 bits per heavy atom. The summed E-state index contributed by atoms with van der Waals surface area (Å²) in [6.45, 7) is 5.16. The van der Waals surface area contributed by atoms with E-state index in [0.29, 0.717) is 27.8 Å². The number of aryl methyl sites for hydroxylation is 3. The average molecular weight is 344 g/mol. The van der Waals surface area contributed by atoms with Gasteiger partial charge in [-0.3, -0.25) is 9.40 Å². The molecule has 0 saturated heterocycles. The van der Waals surface area contributed by atoms with E-state index in [1.54, 1.807) is 40.0 Å². The summed E-state index contributed by atoms with van der Waals surface area (Å²) in [4.78, 5) is 0.171. The number of hydrogen-bond acceptors (Lipinski definition) is 4. The Morgan fingerprint density at radius 1 is 1.27 bits per heavy atom. The summed E-state index contributed by atoms with van der Waals surface area (Å²) >= 11 is 6.04. The molecule has 120 valence electrons. The van der Waals surface area contributed by atoms with Crippen LogP contribution in [0.15, 0.2) is 17.0 Å². The van der Waals surface area contributed by atoms with Crippen molar-refractivity contribution in [2.24, 2.45) is 7.05 Å². The average Bonchev–Trinajstić information content (AvgIpc) is 2.67. The van der Waals surface area contributed by atoms with Gasteiger partial charge in [0.2, 0.25) is 0 Å². The van der Waals surface area contributed by atoms with Gasteiger partial charge >= 0.3 is 0 Å². The van der Waals surface area contributed by atoms with Crippen LogP contribution in [0, 0.1) is 20.8 Å². The van der Waals surface area contributed by atoms with Crippen LogP contribution in [-0.2, 0) is 17.1 Å². The van der Waals surface area contributed by atoms with Gasteiger partial charge in [-0.2, -0.15) is 5.10 Å². The largest absolute Gasteiger partial charge is 0.495 e.